The number of nitrogens with one attached hydrogen (secondary N) is 2. The normalized spacial score (nSPS) is 17.4. The molecule has 2 unspecified atom stereocenters. The number of rotatable bonds is 6. The molecule has 180 valence electrons. The molecular weight excluding hydrogens is 446 g/mol. The summed E-state index contributed by atoms with van der Waals surface area (Å²) in [5, 5.41) is 0. The van der Waals surface area contributed by atoms with E-state index in [9.17, 15) is 14.4 Å². The Hall–Kier alpha value is -4.33. The molecule has 4 rings (SSSR count). The topological polar surface area (TPSA) is 97.0 Å². The molecule has 3 aromatic rings. The van der Waals surface area contributed by atoms with Gasteiger partial charge in [0.05, 0.1) is 26.2 Å². The summed E-state index contributed by atoms with van der Waals surface area (Å²) in [6, 6.07) is 22.4. The molecule has 0 aliphatic carbocycles. The number of benzene rings is 3. The van der Waals surface area contributed by atoms with Gasteiger partial charge in [0.25, 0.3) is 5.91 Å². The van der Waals surface area contributed by atoms with E-state index in [0.29, 0.717) is 34.7 Å². The molecule has 0 radical (unpaired) electrons. The molecule has 2 atom stereocenters. The number of para-hydroxylation sites is 1. The molecule has 35 heavy (non-hydrogen) atoms. The third-order valence-electron chi connectivity index (χ3n) is 6.08. The van der Waals surface area contributed by atoms with E-state index in [4.69, 9.17) is 9.47 Å². The Balaban J connectivity index is 1.67. The minimum Gasteiger partial charge on any atom is -0.497 e. The quantitative estimate of drug-likeness (QED) is 0.533. The summed E-state index contributed by atoms with van der Waals surface area (Å²) in [5.41, 5.74) is 6.81. The van der Waals surface area contributed by atoms with E-state index in [0.717, 1.165) is 0 Å². The zero-order valence-corrected chi connectivity index (χ0v) is 19.6. The number of ether oxygens (including phenoxy) is 2. The van der Waals surface area contributed by atoms with Crippen molar-refractivity contribution in [3.8, 4) is 11.5 Å². The SMILES string of the molecule is COc1ccc(N2C(=O)CCC(C(=O)NNC(=O)c3ccccc3)C2c2ccccc2OC)cc1. The second-order valence-electron chi connectivity index (χ2n) is 8.10. The number of anilines is 1. The van der Waals surface area contributed by atoms with Gasteiger partial charge in [0.2, 0.25) is 11.8 Å². The van der Waals surface area contributed by atoms with E-state index in [2.05, 4.69) is 10.9 Å². The molecule has 1 heterocycles. The molecule has 1 fully saturated rings. The Morgan fingerprint density at radius 2 is 1.54 bits per heavy atom. The molecule has 0 saturated carbocycles. The van der Waals surface area contributed by atoms with Crippen molar-refractivity contribution in [1.29, 1.82) is 0 Å². The average molecular weight is 474 g/mol. The highest BCUT2D eigenvalue weighted by Crippen LogP contribution is 2.43. The Bertz CT molecular complexity index is 1200. The lowest BCUT2D eigenvalue weighted by Gasteiger charge is -2.41. The Morgan fingerprint density at radius 1 is 0.857 bits per heavy atom. The molecule has 1 aliphatic rings. The van der Waals surface area contributed by atoms with Gasteiger partial charge in [-0.25, -0.2) is 0 Å². The number of methoxy groups -OCH3 is 2. The zero-order valence-electron chi connectivity index (χ0n) is 19.6. The minimum absolute atomic E-state index is 0.108. The second-order valence-corrected chi connectivity index (χ2v) is 8.10. The van der Waals surface area contributed by atoms with Crippen LogP contribution in [0, 0.1) is 5.92 Å². The summed E-state index contributed by atoms with van der Waals surface area (Å²) in [4.78, 5) is 40.7. The van der Waals surface area contributed by atoms with E-state index in [-0.39, 0.29) is 12.3 Å². The standard InChI is InChI=1S/C27H27N3O5/c1-34-20-14-12-19(13-15-20)30-24(31)17-16-22(25(30)21-10-6-7-11-23(21)35-2)27(33)29-28-26(32)18-8-4-3-5-9-18/h3-15,22,25H,16-17H2,1-2H3,(H,28,32)(H,29,33). The Kier molecular flexibility index (Phi) is 7.30. The van der Waals surface area contributed by atoms with Crippen LogP contribution in [0.5, 0.6) is 11.5 Å². The van der Waals surface area contributed by atoms with Gasteiger partial charge in [-0.15, -0.1) is 0 Å². The lowest BCUT2D eigenvalue weighted by atomic mass is 9.83. The smallest absolute Gasteiger partial charge is 0.269 e. The number of nitrogens with zero attached hydrogens (tertiary/aromatic N) is 1. The van der Waals surface area contributed by atoms with E-state index in [1.54, 1.807) is 79.8 Å². The van der Waals surface area contributed by atoms with Crippen LogP contribution in [0.1, 0.15) is 34.8 Å². The largest absolute Gasteiger partial charge is 0.497 e. The maximum absolute atomic E-state index is 13.4. The summed E-state index contributed by atoms with van der Waals surface area (Å²) in [6.07, 6.45) is 0.504. The molecule has 8 heteroatoms. The highest BCUT2D eigenvalue weighted by Gasteiger charge is 2.42. The number of hydrogen-bond acceptors (Lipinski definition) is 5. The van der Waals surface area contributed by atoms with Gasteiger partial charge >= 0.3 is 0 Å². The van der Waals surface area contributed by atoms with Crippen LogP contribution in [-0.4, -0.2) is 31.9 Å². The van der Waals surface area contributed by atoms with Crippen molar-refractivity contribution in [2.45, 2.75) is 18.9 Å². The maximum Gasteiger partial charge on any atom is 0.269 e. The predicted octanol–water partition coefficient (Wildman–Crippen LogP) is 3.65. The lowest BCUT2D eigenvalue weighted by molar-refractivity contribution is -0.130. The van der Waals surface area contributed by atoms with Gasteiger partial charge in [-0.2, -0.15) is 0 Å². The zero-order chi connectivity index (χ0) is 24.8. The Morgan fingerprint density at radius 3 is 2.23 bits per heavy atom. The number of hydrazine groups is 1. The van der Waals surface area contributed by atoms with E-state index in [1.807, 2.05) is 18.2 Å². The van der Waals surface area contributed by atoms with Crippen molar-refractivity contribution in [3.63, 3.8) is 0 Å². The van der Waals surface area contributed by atoms with Gasteiger partial charge in [-0.1, -0.05) is 36.4 Å². The summed E-state index contributed by atoms with van der Waals surface area (Å²) in [5.74, 6) is -0.338. The van der Waals surface area contributed by atoms with Crippen molar-refractivity contribution in [1.82, 2.24) is 10.9 Å². The van der Waals surface area contributed by atoms with Crippen molar-refractivity contribution in [2.24, 2.45) is 5.92 Å². The van der Waals surface area contributed by atoms with Crippen molar-refractivity contribution in [3.05, 3.63) is 90.0 Å². The van der Waals surface area contributed by atoms with Crippen LogP contribution in [0.25, 0.3) is 0 Å². The van der Waals surface area contributed by atoms with Gasteiger partial charge in [-0.3, -0.25) is 25.2 Å². The van der Waals surface area contributed by atoms with Crippen LogP contribution in [-0.2, 0) is 9.59 Å². The first-order valence-electron chi connectivity index (χ1n) is 11.3. The highest BCUT2D eigenvalue weighted by atomic mass is 16.5. The molecule has 0 bridgehead atoms. The fourth-order valence-electron chi connectivity index (χ4n) is 4.35. The van der Waals surface area contributed by atoms with E-state index in [1.165, 1.54) is 0 Å². The number of amides is 3. The van der Waals surface area contributed by atoms with Gasteiger partial charge in [0.15, 0.2) is 0 Å². The molecule has 0 aromatic heterocycles. The highest BCUT2D eigenvalue weighted by molar-refractivity contribution is 5.99. The summed E-state index contributed by atoms with van der Waals surface area (Å²) in [7, 11) is 3.12. The first kappa shape index (κ1) is 23.8. The molecule has 2 N–H and O–H groups in total. The third kappa shape index (κ3) is 5.11. The summed E-state index contributed by atoms with van der Waals surface area (Å²) in [6.45, 7) is 0. The molecule has 3 amide bonds. The monoisotopic (exact) mass is 473 g/mol. The first-order valence-corrected chi connectivity index (χ1v) is 11.3. The van der Waals surface area contributed by atoms with Crippen LogP contribution in [0.3, 0.4) is 0 Å². The molecule has 1 saturated heterocycles. The summed E-state index contributed by atoms with van der Waals surface area (Å²) >= 11 is 0. The maximum atomic E-state index is 13.4. The van der Waals surface area contributed by atoms with Crippen LogP contribution >= 0.6 is 0 Å². The van der Waals surface area contributed by atoms with E-state index >= 15 is 0 Å². The predicted molar refractivity (Wildman–Crippen MR) is 131 cm³/mol. The number of hydrogen-bond donors (Lipinski definition) is 2. The van der Waals surface area contributed by atoms with Gasteiger partial charge in [-0.05, 0) is 48.9 Å². The molecule has 1 aliphatic heterocycles. The first-order chi connectivity index (χ1) is 17.0. The van der Waals surface area contributed by atoms with Crippen LogP contribution in [0.2, 0.25) is 0 Å². The van der Waals surface area contributed by atoms with Crippen LogP contribution in [0.4, 0.5) is 5.69 Å². The van der Waals surface area contributed by atoms with Crippen LogP contribution in [0.15, 0.2) is 78.9 Å². The van der Waals surface area contributed by atoms with Gasteiger partial charge in [0.1, 0.15) is 11.5 Å². The van der Waals surface area contributed by atoms with E-state index < -0.39 is 23.8 Å². The molecule has 0 spiro atoms. The van der Waals surface area contributed by atoms with Gasteiger partial charge < -0.3 is 14.4 Å². The van der Waals surface area contributed by atoms with Crippen molar-refractivity contribution >= 4 is 23.4 Å². The minimum atomic E-state index is -0.644. The number of carbonyl (C=O) groups excluding carboxylic acids is 3. The van der Waals surface area contributed by atoms with Gasteiger partial charge in [0, 0.05) is 23.2 Å². The summed E-state index contributed by atoms with van der Waals surface area (Å²) < 4.78 is 10.8. The lowest BCUT2D eigenvalue weighted by Crippen LogP contribution is -2.52. The fourth-order valence-corrected chi connectivity index (χ4v) is 4.35. The third-order valence-corrected chi connectivity index (χ3v) is 6.08. The fraction of sp³-hybridized carbons (Fsp3) is 0.222. The van der Waals surface area contributed by atoms with Crippen molar-refractivity contribution < 1.29 is 23.9 Å². The molecule has 3 aromatic carbocycles. The van der Waals surface area contributed by atoms with Crippen LogP contribution < -0.4 is 25.2 Å². The number of piperidine rings is 1. The van der Waals surface area contributed by atoms with Crippen molar-refractivity contribution in [2.75, 3.05) is 19.1 Å². The Labute approximate surface area is 203 Å². The average Bonchev–Trinajstić information content (AvgIpc) is 2.91. The number of carbonyl (C=O) groups is 3. The second kappa shape index (κ2) is 10.7. The molecule has 8 nitrogen and oxygen atoms in total. The molecular formula is C27H27N3O5.